The molecule has 2 unspecified atom stereocenters. The van der Waals surface area contributed by atoms with Crippen molar-refractivity contribution in [1.29, 1.82) is 0 Å². The lowest BCUT2D eigenvalue weighted by molar-refractivity contribution is 0.204. The van der Waals surface area contributed by atoms with Crippen LogP contribution in [0.5, 0.6) is 0 Å². The summed E-state index contributed by atoms with van der Waals surface area (Å²) in [5, 5.41) is 3.71. The first kappa shape index (κ1) is 15.6. The first-order valence-corrected chi connectivity index (χ1v) is 8.32. The van der Waals surface area contributed by atoms with Crippen LogP contribution in [0.3, 0.4) is 0 Å². The fourth-order valence-electron chi connectivity index (χ4n) is 3.06. The van der Waals surface area contributed by atoms with E-state index in [4.69, 9.17) is 4.42 Å². The maximum Gasteiger partial charge on any atom is 0.122 e. The van der Waals surface area contributed by atoms with E-state index < -0.39 is 0 Å². The fourth-order valence-corrected chi connectivity index (χ4v) is 3.06. The Bertz CT molecular complexity index is 344. The first-order chi connectivity index (χ1) is 9.81. The van der Waals surface area contributed by atoms with Crippen LogP contribution in [0, 0.1) is 0 Å². The Balaban J connectivity index is 1.82. The van der Waals surface area contributed by atoms with E-state index in [0.29, 0.717) is 12.1 Å². The van der Waals surface area contributed by atoms with Crippen molar-refractivity contribution in [3.63, 3.8) is 0 Å². The Morgan fingerprint density at radius 3 is 2.75 bits per heavy atom. The van der Waals surface area contributed by atoms with Gasteiger partial charge in [-0.2, -0.15) is 0 Å². The Morgan fingerprint density at radius 2 is 2.10 bits per heavy atom. The summed E-state index contributed by atoms with van der Waals surface area (Å²) >= 11 is 0. The average Bonchev–Trinajstić information content (AvgIpc) is 3.12. The van der Waals surface area contributed by atoms with Crippen LogP contribution in [0.2, 0.25) is 0 Å². The third-order valence-electron chi connectivity index (χ3n) is 4.35. The molecule has 2 rings (SSSR count). The van der Waals surface area contributed by atoms with Crippen LogP contribution < -0.4 is 5.32 Å². The number of rotatable bonds is 9. The third-order valence-corrected chi connectivity index (χ3v) is 4.35. The predicted molar refractivity (Wildman–Crippen MR) is 83.9 cm³/mol. The monoisotopic (exact) mass is 278 g/mol. The fraction of sp³-hybridized carbons (Fsp3) is 0.765. The SMILES string of the molecule is CCCCCC(C)NCC(c1ccco1)N1CCCC1. The van der Waals surface area contributed by atoms with E-state index in [-0.39, 0.29) is 0 Å². The minimum absolute atomic E-state index is 0.404. The van der Waals surface area contributed by atoms with Crippen molar-refractivity contribution in [2.45, 2.75) is 64.5 Å². The van der Waals surface area contributed by atoms with E-state index in [1.54, 1.807) is 6.26 Å². The van der Waals surface area contributed by atoms with Crippen LogP contribution >= 0.6 is 0 Å². The maximum atomic E-state index is 5.66. The number of nitrogens with one attached hydrogen (secondary N) is 1. The number of nitrogens with zero attached hydrogens (tertiary/aromatic N) is 1. The van der Waals surface area contributed by atoms with Gasteiger partial charge in [-0.25, -0.2) is 0 Å². The number of likely N-dealkylation sites (tertiary alicyclic amines) is 1. The van der Waals surface area contributed by atoms with Crippen molar-refractivity contribution in [2.24, 2.45) is 0 Å². The molecule has 1 aromatic rings. The van der Waals surface area contributed by atoms with Crippen LogP contribution in [-0.2, 0) is 0 Å². The predicted octanol–water partition coefficient (Wildman–Crippen LogP) is 3.97. The zero-order valence-electron chi connectivity index (χ0n) is 13.1. The van der Waals surface area contributed by atoms with Crippen LogP contribution in [-0.4, -0.2) is 30.6 Å². The van der Waals surface area contributed by atoms with E-state index in [9.17, 15) is 0 Å². The summed E-state index contributed by atoms with van der Waals surface area (Å²) in [7, 11) is 0. The highest BCUT2D eigenvalue weighted by Crippen LogP contribution is 2.25. The third kappa shape index (κ3) is 4.64. The second-order valence-corrected chi connectivity index (χ2v) is 6.08. The first-order valence-electron chi connectivity index (χ1n) is 8.32. The molecule has 1 aliphatic rings. The van der Waals surface area contributed by atoms with Gasteiger partial charge in [-0.15, -0.1) is 0 Å². The summed E-state index contributed by atoms with van der Waals surface area (Å²) in [4.78, 5) is 2.56. The second-order valence-electron chi connectivity index (χ2n) is 6.08. The zero-order chi connectivity index (χ0) is 14.2. The van der Waals surface area contributed by atoms with Crippen molar-refractivity contribution in [1.82, 2.24) is 10.2 Å². The normalized spacial score (nSPS) is 19.3. The smallest absolute Gasteiger partial charge is 0.122 e. The summed E-state index contributed by atoms with van der Waals surface area (Å²) < 4.78 is 5.66. The van der Waals surface area contributed by atoms with Gasteiger partial charge in [-0.1, -0.05) is 26.2 Å². The molecule has 0 bridgehead atoms. The molecule has 1 N–H and O–H groups in total. The van der Waals surface area contributed by atoms with Gasteiger partial charge in [0.2, 0.25) is 0 Å². The molecule has 2 heterocycles. The molecule has 1 aromatic heterocycles. The van der Waals surface area contributed by atoms with Gasteiger partial charge in [0.25, 0.3) is 0 Å². The molecule has 0 amide bonds. The lowest BCUT2D eigenvalue weighted by atomic mass is 10.1. The van der Waals surface area contributed by atoms with Gasteiger partial charge in [-0.05, 0) is 51.4 Å². The van der Waals surface area contributed by atoms with Crippen LogP contribution in [0.1, 0.15) is 64.2 Å². The summed E-state index contributed by atoms with van der Waals surface area (Å²) in [6, 6.07) is 5.12. The second kappa shape index (κ2) is 8.48. The molecule has 3 nitrogen and oxygen atoms in total. The molecule has 1 fully saturated rings. The highest BCUT2D eigenvalue weighted by atomic mass is 16.3. The standard InChI is InChI=1S/C17H30N2O/c1-3-4-5-9-15(2)18-14-16(17-10-8-13-20-17)19-11-6-7-12-19/h8,10,13,15-16,18H,3-7,9,11-12,14H2,1-2H3. The molecule has 114 valence electrons. The molecular formula is C17H30N2O. The number of furan rings is 1. The van der Waals surface area contributed by atoms with Crippen LogP contribution in [0.25, 0.3) is 0 Å². The number of unbranched alkanes of at least 4 members (excludes halogenated alkanes) is 2. The van der Waals surface area contributed by atoms with E-state index >= 15 is 0 Å². The van der Waals surface area contributed by atoms with Crippen molar-refractivity contribution in [3.8, 4) is 0 Å². The molecule has 0 spiro atoms. The van der Waals surface area contributed by atoms with Crippen LogP contribution in [0.15, 0.2) is 22.8 Å². The molecule has 2 atom stereocenters. The number of hydrogen-bond donors (Lipinski definition) is 1. The topological polar surface area (TPSA) is 28.4 Å². The Kier molecular flexibility index (Phi) is 6.61. The van der Waals surface area contributed by atoms with E-state index in [1.807, 2.05) is 6.07 Å². The molecule has 0 aromatic carbocycles. The highest BCUT2D eigenvalue weighted by molar-refractivity contribution is 5.06. The van der Waals surface area contributed by atoms with E-state index in [1.165, 1.54) is 51.6 Å². The summed E-state index contributed by atoms with van der Waals surface area (Å²) in [6.45, 7) is 7.98. The van der Waals surface area contributed by atoms with Crippen molar-refractivity contribution in [3.05, 3.63) is 24.2 Å². The summed E-state index contributed by atoms with van der Waals surface area (Å²) in [6.07, 6.45) is 9.70. The Labute approximate surface area is 123 Å². The molecule has 0 saturated carbocycles. The quantitative estimate of drug-likeness (QED) is 0.693. The lowest BCUT2D eigenvalue weighted by Crippen LogP contribution is -2.37. The van der Waals surface area contributed by atoms with Crippen molar-refractivity contribution < 1.29 is 4.42 Å². The Hall–Kier alpha value is -0.800. The average molecular weight is 278 g/mol. The van der Waals surface area contributed by atoms with Gasteiger partial charge in [0.1, 0.15) is 5.76 Å². The summed E-state index contributed by atoms with van der Waals surface area (Å²) in [5.74, 6) is 1.11. The molecule has 20 heavy (non-hydrogen) atoms. The summed E-state index contributed by atoms with van der Waals surface area (Å²) in [5.41, 5.74) is 0. The lowest BCUT2D eigenvalue weighted by Gasteiger charge is -2.27. The van der Waals surface area contributed by atoms with E-state index in [0.717, 1.165) is 12.3 Å². The minimum Gasteiger partial charge on any atom is -0.468 e. The van der Waals surface area contributed by atoms with Gasteiger partial charge in [0, 0.05) is 12.6 Å². The van der Waals surface area contributed by atoms with Crippen LogP contribution in [0.4, 0.5) is 0 Å². The highest BCUT2D eigenvalue weighted by Gasteiger charge is 2.25. The number of hydrogen-bond acceptors (Lipinski definition) is 3. The van der Waals surface area contributed by atoms with Gasteiger partial charge in [0.15, 0.2) is 0 Å². The maximum absolute atomic E-state index is 5.66. The largest absolute Gasteiger partial charge is 0.468 e. The van der Waals surface area contributed by atoms with Gasteiger partial charge >= 0.3 is 0 Å². The minimum atomic E-state index is 0.404. The molecule has 1 aliphatic heterocycles. The van der Waals surface area contributed by atoms with Gasteiger partial charge in [-0.3, -0.25) is 4.90 Å². The van der Waals surface area contributed by atoms with Gasteiger partial charge < -0.3 is 9.73 Å². The Morgan fingerprint density at radius 1 is 1.30 bits per heavy atom. The van der Waals surface area contributed by atoms with E-state index in [2.05, 4.69) is 30.1 Å². The van der Waals surface area contributed by atoms with Gasteiger partial charge in [0.05, 0.1) is 12.3 Å². The molecule has 0 radical (unpaired) electrons. The zero-order valence-corrected chi connectivity index (χ0v) is 13.1. The molecular weight excluding hydrogens is 248 g/mol. The van der Waals surface area contributed by atoms with Crippen molar-refractivity contribution >= 4 is 0 Å². The molecule has 3 heteroatoms. The molecule has 0 aliphatic carbocycles. The molecule has 1 saturated heterocycles. The van der Waals surface area contributed by atoms with Crippen molar-refractivity contribution in [2.75, 3.05) is 19.6 Å².